The summed E-state index contributed by atoms with van der Waals surface area (Å²) in [6, 6.07) is 4.83. The van der Waals surface area contributed by atoms with Crippen LogP contribution < -0.4 is 4.90 Å². The van der Waals surface area contributed by atoms with Gasteiger partial charge in [0.1, 0.15) is 5.69 Å². The van der Waals surface area contributed by atoms with Crippen LogP contribution in [0, 0.1) is 19.8 Å². The van der Waals surface area contributed by atoms with Crippen molar-refractivity contribution in [1.82, 2.24) is 14.9 Å². The standard InChI is InChI=1S/C20H21F3N4S/c1-12-5-13(2)25-17-11-27(10-16(12)17)19(28)6-14-8-26(9-14)15-3-4-24-18(7-15)20(21,22)23/h3-5,7,14H,6,8-11H2,1-2H3. The number of halogens is 3. The van der Waals surface area contributed by atoms with Gasteiger partial charge in [0, 0.05) is 49.6 Å². The largest absolute Gasteiger partial charge is 0.433 e. The minimum Gasteiger partial charge on any atom is -0.371 e. The lowest BCUT2D eigenvalue weighted by Crippen LogP contribution is -2.48. The zero-order valence-electron chi connectivity index (χ0n) is 15.8. The second-order valence-electron chi connectivity index (χ2n) is 7.63. The highest BCUT2D eigenvalue weighted by Crippen LogP contribution is 2.33. The summed E-state index contributed by atoms with van der Waals surface area (Å²) in [5.74, 6) is 0.356. The molecule has 4 nitrogen and oxygen atoms in total. The first kappa shape index (κ1) is 19.1. The number of pyridine rings is 2. The molecule has 0 saturated carbocycles. The third kappa shape index (κ3) is 3.70. The smallest absolute Gasteiger partial charge is 0.371 e. The zero-order chi connectivity index (χ0) is 20.1. The molecule has 0 aromatic carbocycles. The van der Waals surface area contributed by atoms with Crippen LogP contribution in [0.2, 0.25) is 0 Å². The highest BCUT2D eigenvalue weighted by atomic mass is 32.1. The maximum atomic E-state index is 12.8. The van der Waals surface area contributed by atoms with E-state index in [1.807, 2.05) is 11.8 Å². The van der Waals surface area contributed by atoms with Crippen LogP contribution in [0.4, 0.5) is 18.9 Å². The van der Waals surface area contributed by atoms with Gasteiger partial charge in [-0.05, 0) is 43.2 Å². The van der Waals surface area contributed by atoms with Gasteiger partial charge in [-0.2, -0.15) is 13.2 Å². The van der Waals surface area contributed by atoms with E-state index >= 15 is 0 Å². The van der Waals surface area contributed by atoms with Crippen molar-refractivity contribution < 1.29 is 13.2 Å². The molecule has 0 atom stereocenters. The fraction of sp³-hybridized carbons (Fsp3) is 0.450. The Bertz CT molecular complexity index is 922. The summed E-state index contributed by atoms with van der Waals surface area (Å²) in [5.41, 5.74) is 4.35. The molecule has 0 aliphatic carbocycles. The van der Waals surface area contributed by atoms with E-state index in [1.54, 1.807) is 6.07 Å². The van der Waals surface area contributed by atoms with E-state index in [2.05, 4.69) is 27.9 Å². The molecule has 4 rings (SSSR count). The Morgan fingerprint density at radius 2 is 1.96 bits per heavy atom. The van der Waals surface area contributed by atoms with Crippen LogP contribution in [0.3, 0.4) is 0 Å². The molecule has 0 bridgehead atoms. The quantitative estimate of drug-likeness (QED) is 0.711. The maximum absolute atomic E-state index is 12.8. The Labute approximate surface area is 167 Å². The minimum atomic E-state index is -4.42. The van der Waals surface area contributed by atoms with Crippen LogP contribution in [0.5, 0.6) is 0 Å². The molecule has 0 radical (unpaired) electrons. The second-order valence-corrected chi connectivity index (χ2v) is 8.10. The van der Waals surface area contributed by atoms with Gasteiger partial charge < -0.3 is 9.80 Å². The Kier molecular flexibility index (Phi) is 4.77. The van der Waals surface area contributed by atoms with Crippen LogP contribution in [0.15, 0.2) is 24.4 Å². The van der Waals surface area contributed by atoms with E-state index in [9.17, 15) is 13.2 Å². The summed E-state index contributed by atoms with van der Waals surface area (Å²) in [5, 5.41) is 0. The van der Waals surface area contributed by atoms with Gasteiger partial charge in [-0.15, -0.1) is 0 Å². The molecule has 148 valence electrons. The number of nitrogens with zero attached hydrogens (tertiary/aromatic N) is 4. The average Bonchev–Trinajstić information content (AvgIpc) is 3.01. The first-order valence-corrected chi connectivity index (χ1v) is 9.63. The number of anilines is 1. The molecule has 2 aliphatic heterocycles. The molecule has 2 aromatic heterocycles. The molecule has 4 heterocycles. The minimum absolute atomic E-state index is 0.356. The molecule has 8 heteroatoms. The van der Waals surface area contributed by atoms with Gasteiger partial charge in [-0.25, -0.2) is 0 Å². The summed E-state index contributed by atoms with van der Waals surface area (Å²) in [7, 11) is 0. The lowest BCUT2D eigenvalue weighted by atomic mass is 9.95. The van der Waals surface area contributed by atoms with Crippen molar-refractivity contribution in [2.75, 3.05) is 18.0 Å². The van der Waals surface area contributed by atoms with Gasteiger partial charge in [-0.1, -0.05) is 12.2 Å². The van der Waals surface area contributed by atoms with Crippen molar-refractivity contribution in [3.8, 4) is 0 Å². The van der Waals surface area contributed by atoms with Crippen molar-refractivity contribution in [2.24, 2.45) is 5.92 Å². The third-order valence-electron chi connectivity index (χ3n) is 5.42. The van der Waals surface area contributed by atoms with Gasteiger partial charge in [0.2, 0.25) is 0 Å². The third-order valence-corrected chi connectivity index (χ3v) is 5.85. The van der Waals surface area contributed by atoms with Crippen LogP contribution in [0.25, 0.3) is 0 Å². The molecule has 0 unspecified atom stereocenters. The molecule has 0 spiro atoms. The Morgan fingerprint density at radius 1 is 1.21 bits per heavy atom. The van der Waals surface area contributed by atoms with E-state index in [0.29, 0.717) is 24.7 Å². The highest BCUT2D eigenvalue weighted by Gasteiger charge is 2.35. The number of hydrogen-bond donors (Lipinski definition) is 0. The predicted molar refractivity (Wildman–Crippen MR) is 105 cm³/mol. The fourth-order valence-corrected chi connectivity index (χ4v) is 4.31. The lowest BCUT2D eigenvalue weighted by Gasteiger charge is -2.42. The van der Waals surface area contributed by atoms with E-state index in [1.165, 1.54) is 17.3 Å². The van der Waals surface area contributed by atoms with E-state index in [0.717, 1.165) is 42.0 Å². The second kappa shape index (κ2) is 6.99. The fourth-order valence-electron chi connectivity index (χ4n) is 3.95. The Hall–Kier alpha value is -2.22. The molecule has 1 saturated heterocycles. The van der Waals surface area contributed by atoms with E-state index < -0.39 is 11.9 Å². The summed E-state index contributed by atoms with van der Waals surface area (Å²) < 4.78 is 38.5. The predicted octanol–water partition coefficient (Wildman–Crippen LogP) is 4.28. The Balaban J connectivity index is 1.33. The monoisotopic (exact) mass is 406 g/mol. The van der Waals surface area contributed by atoms with E-state index in [-0.39, 0.29) is 0 Å². The van der Waals surface area contributed by atoms with Gasteiger partial charge in [0.15, 0.2) is 0 Å². The number of thiocarbonyl (C=S) groups is 1. The summed E-state index contributed by atoms with van der Waals surface area (Å²) >= 11 is 5.66. The number of rotatable bonds is 3. The molecular weight excluding hydrogens is 385 g/mol. The molecule has 2 aliphatic rings. The summed E-state index contributed by atoms with van der Waals surface area (Å²) in [6.07, 6.45) is -2.43. The van der Waals surface area contributed by atoms with Crippen molar-refractivity contribution >= 4 is 22.9 Å². The number of aromatic nitrogens is 2. The van der Waals surface area contributed by atoms with Crippen molar-refractivity contribution in [3.05, 3.63) is 52.6 Å². The average molecular weight is 406 g/mol. The first-order valence-electron chi connectivity index (χ1n) is 9.22. The molecular formula is C20H21F3N4S. The first-order chi connectivity index (χ1) is 13.2. The maximum Gasteiger partial charge on any atom is 0.433 e. The van der Waals surface area contributed by atoms with Gasteiger partial charge in [-0.3, -0.25) is 9.97 Å². The summed E-state index contributed by atoms with van der Waals surface area (Å²) in [6.45, 7) is 7.06. The molecule has 2 aromatic rings. The van der Waals surface area contributed by atoms with Gasteiger partial charge >= 0.3 is 6.18 Å². The SMILES string of the molecule is Cc1cc(C)c2c(n1)CN(C(=S)CC1CN(c3ccnc(C(F)(F)F)c3)C1)C2. The molecule has 1 fully saturated rings. The summed E-state index contributed by atoms with van der Waals surface area (Å²) in [4.78, 5) is 13.1. The van der Waals surface area contributed by atoms with Crippen molar-refractivity contribution in [3.63, 3.8) is 0 Å². The van der Waals surface area contributed by atoms with E-state index in [4.69, 9.17) is 12.2 Å². The topological polar surface area (TPSA) is 32.3 Å². The van der Waals surface area contributed by atoms with Crippen LogP contribution in [0.1, 0.15) is 34.6 Å². The molecule has 28 heavy (non-hydrogen) atoms. The molecule has 0 N–H and O–H groups in total. The van der Waals surface area contributed by atoms with Crippen LogP contribution in [-0.4, -0.2) is 32.9 Å². The van der Waals surface area contributed by atoms with Crippen LogP contribution >= 0.6 is 12.2 Å². The van der Waals surface area contributed by atoms with Gasteiger partial charge in [0.25, 0.3) is 0 Å². The highest BCUT2D eigenvalue weighted by molar-refractivity contribution is 7.80. The number of aryl methyl sites for hydroxylation is 2. The van der Waals surface area contributed by atoms with Gasteiger partial charge in [0.05, 0.1) is 17.2 Å². The number of fused-ring (bicyclic) bond motifs is 1. The lowest BCUT2D eigenvalue weighted by molar-refractivity contribution is -0.141. The molecule has 0 amide bonds. The van der Waals surface area contributed by atoms with Crippen LogP contribution in [-0.2, 0) is 19.3 Å². The number of hydrogen-bond acceptors (Lipinski definition) is 4. The number of alkyl halides is 3. The van der Waals surface area contributed by atoms with Crippen molar-refractivity contribution in [2.45, 2.75) is 39.5 Å². The Morgan fingerprint density at radius 3 is 2.68 bits per heavy atom. The normalized spacial score (nSPS) is 16.9. The van der Waals surface area contributed by atoms with Crippen molar-refractivity contribution in [1.29, 1.82) is 0 Å². The zero-order valence-corrected chi connectivity index (χ0v) is 16.6.